The van der Waals surface area contributed by atoms with E-state index in [0.717, 1.165) is 18.4 Å². The Hall–Kier alpha value is -0.670. The zero-order valence-electron chi connectivity index (χ0n) is 8.14. The molecular formula is C11H12ClF2N. The van der Waals surface area contributed by atoms with Crippen LogP contribution in [0.4, 0.5) is 8.78 Å². The Kier molecular flexibility index (Phi) is 2.69. The van der Waals surface area contributed by atoms with Gasteiger partial charge in [0.05, 0.1) is 0 Å². The predicted molar refractivity (Wildman–Crippen MR) is 56.3 cm³/mol. The molecule has 0 amide bonds. The summed E-state index contributed by atoms with van der Waals surface area (Å²) in [4.78, 5) is 0. The molecule has 0 heterocycles. The van der Waals surface area contributed by atoms with Gasteiger partial charge in [-0.25, -0.2) is 8.78 Å². The lowest BCUT2D eigenvalue weighted by Crippen LogP contribution is -2.24. The van der Waals surface area contributed by atoms with E-state index in [1.807, 2.05) is 0 Å². The van der Waals surface area contributed by atoms with E-state index in [-0.39, 0.29) is 11.1 Å². The Labute approximate surface area is 92.2 Å². The number of rotatable bonds is 3. The van der Waals surface area contributed by atoms with E-state index >= 15 is 0 Å². The van der Waals surface area contributed by atoms with Crippen LogP contribution in [0.2, 0.25) is 5.02 Å². The topological polar surface area (TPSA) is 26.0 Å². The molecule has 1 aromatic carbocycles. The molecule has 1 aromatic rings. The van der Waals surface area contributed by atoms with E-state index in [4.69, 9.17) is 17.3 Å². The van der Waals surface area contributed by atoms with Crippen molar-refractivity contribution < 1.29 is 8.78 Å². The van der Waals surface area contributed by atoms with Gasteiger partial charge in [-0.05, 0) is 37.0 Å². The highest BCUT2D eigenvalue weighted by molar-refractivity contribution is 6.31. The van der Waals surface area contributed by atoms with Crippen LogP contribution in [0.3, 0.4) is 0 Å². The minimum atomic E-state index is -2.45. The molecule has 0 atom stereocenters. The van der Waals surface area contributed by atoms with E-state index in [1.165, 1.54) is 18.2 Å². The fraction of sp³-hybridized carbons (Fsp3) is 0.455. The number of hydrogen-bond acceptors (Lipinski definition) is 1. The molecule has 15 heavy (non-hydrogen) atoms. The molecule has 0 aliphatic heterocycles. The normalized spacial score (nSPS) is 18.2. The first kappa shape index (κ1) is 10.8. The van der Waals surface area contributed by atoms with Crippen molar-refractivity contribution in [2.75, 3.05) is 0 Å². The second-order valence-electron chi connectivity index (χ2n) is 4.19. The summed E-state index contributed by atoms with van der Waals surface area (Å²) in [6.07, 6.45) is 0.0329. The highest BCUT2D eigenvalue weighted by atomic mass is 35.5. The largest absolute Gasteiger partial charge is 0.325 e. The molecule has 82 valence electrons. The summed E-state index contributed by atoms with van der Waals surface area (Å²) in [7, 11) is 0. The third-order valence-electron chi connectivity index (χ3n) is 2.76. The van der Waals surface area contributed by atoms with Crippen LogP contribution < -0.4 is 5.73 Å². The van der Waals surface area contributed by atoms with Gasteiger partial charge >= 0.3 is 0 Å². The maximum absolute atomic E-state index is 12.5. The molecular weight excluding hydrogens is 220 g/mol. The summed E-state index contributed by atoms with van der Waals surface area (Å²) in [6.45, 7) is 0. The number of benzene rings is 1. The maximum Gasteiger partial charge on any atom is 0.263 e. The molecule has 0 radical (unpaired) electrons. The van der Waals surface area contributed by atoms with Crippen molar-refractivity contribution in [1.29, 1.82) is 0 Å². The first-order valence-electron chi connectivity index (χ1n) is 4.86. The number of alkyl halides is 2. The van der Waals surface area contributed by atoms with Crippen LogP contribution in [-0.4, -0.2) is 5.54 Å². The maximum atomic E-state index is 12.5. The Morgan fingerprint density at radius 3 is 2.60 bits per heavy atom. The first-order valence-corrected chi connectivity index (χ1v) is 5.23. The zero-order valence-corrected chi connectivity index (χ0v) is 8.90. The Bertz CT molecular complexity index is 375. The summed E-state index contributed by atoms with van der Waals surface area (Å²) in [6, 6.07) is 4.33. The number of hydrogen-bond donors (Lipinski definition) is 1. The fourth-order valence-electron chi connectivity index (χ4n) is 1.58. The summed E-state index contributed by atoms with van der Waals surface area (Å²) < 4.78 is 24.9. The van der Waals surface area contributed by atoms with E-state index < -0.39 is 6.43 Å². The molecule has 1 saturated carbocycles. The second kappa shape index (κ2) is 3.72. The van der Waals surface area contributed by atoms with Gasteiger partial charge in [0.1, 0.15) is 0 Å². The van der Waals surface area contributed by atoms with Gasteiger partial charge in [-0.2, -0.15) is 0 Å². The van der Waals surface area contributed by atoms with Crippen LogP contribution >= 0.6 is 11.6 Å². The van der Waals surface area contributed by atoms with Gasteiger partial charge in [0.2, 0.25) is 0 Å². The average Bonchev–Trinajstić information content (AvgIpc) is 2.87. The van der Waals surface area contributed by atoms with Crippen molar-refractivity contribution in [1.82, 2.24) is 0 Å². The fourth-order valence-corrected chi connectivity index (χ4v) is 1.77. The van der Waals surface area contributed by atoms with E-state index in [9.17, 15) is 8.78 Å². The molecule has 2 N–H and O–H groups in total. The van der Waals surface area contributed by atoms with Crippen LogP contribution in [0.15, 0.2) is 18.2 Å². The lowest BCUT2D eigenvalue weighted by atomic mass is 10.0. The number of nitrogens with two attached hydrogens (primary N) is 1. The molecule has 1 aliphatic carbocycles. The van der Waals surface area contributed by atoms with Crippen molar-refractivity contribution in [3.8, 4) is 0 Å². The quantitative estimate of drug-likeness (QED) is 0.849. The molecule has 0 unspecified atom stereocenters. The molecule has 1 aliphatic rings. The number of halogens is 3. The zero-order chi connectivity index (χ0) is 11.1. The minimum absolute atomic E-state index is 0.0126. The third kappa shape index (κ3) is 2.47. The van der Waals surface area contributed by atoms with Crippen LogP contribution in [0, 0.1) is 0 Å². The van der Waals surface area contributed by atoms with Crippen LogP contribution in [0.5, 0.6) is 0 Å². The lowest BCUT2D eigenvalue weighted by molar-refractivity contribution is 0.151. The summed E-state index contributed by atoms with van der Waals surface area (Å²) in [5, 5.41) is 0.524. The van der Waals surface area contributed by atoms with Crippen molar-refractivity contribution in [3.63, 3.8) is 0 Å². The monoisotopic (exact) mass is 231 g/mol. The van der Waals surface area contributed by atoms with E-state index in [1.54, 1.807) is 0 Å². The van der Waals surface area contributed by atoms with Crippen LogP contribution in [0.25, 0.3) is 0 Å². The smallest absolute Gasteiger partial charge is 0.263 e. The van der Waals surface area contributed by atoms with Gasteiger partial charge in [0, 0.05) is 16.1 Å². The van der Waals surface area contributed by atoms with Crippen molar-refractivity contribution in [3.05, 3.63) is 34.3 Å². The molecule has 1 nitrogen and oxygen atoms in total. The Balaban J connectivity index is 2.24. The van der Waals surface area contributed by atoms with Crippen LogP contribution in [-0.2, 0) is 6.42 Å². The summed E-state index contributed by atoms with van der Waals surface area (Å²) in [5.74, 6) is 0. The van der Waals surface area contributed by atoms with Gasteiger partial charge < -0.3 is 5.73 Å². The van der Waals surface area contributed by atoms with E-state index in [0.29, 0.717) is 11.4 Å². The minimum Gasteiger partial charge on any atom is -0.325 e. The second-order valence-corrected chi connectivity index (χ2v) is 4.60. The Morgan fingerprint density at radius 1 is 1.40 bits per heavy atom. The highest BCUT2D eigenvalue weighted by Crippen LogP contribution is 2.37. The molecule has 0 bridgehead atoms. The third-order valence-corrected chi connectivity index (χ3v) is 3.13. The summed E-state index contributed by atoms with van der Waals surface area (Å²) in [5.41, 5.74) is 6.47. The first-order chi connectivity index (χ1) is 7.00. The molecule has 0 spiro atoms. The predicted octanol–water partition coefficient (Wildman–Crippen LogP) is 3.31. The Morgan fingerprint density at radius 2 is 2.07 bits per heavy atom. The lowest BCUT2D eigenvalue weighted by Gasteiger charge is -2.11. The highest BCUT2D eigenvalue weighted by Gasteiger charge is 2.38. The van der Waals surface area contributed by atoms with Gasteiger partial charge in [-0.3, -0.25) is 0 Å². The van der Waals surface area contributed by atoms with Gasteiger partial charge in [-0.15, -0.1) is 0 Å². The van der Waals surface area contributed by atoms with Crippen molar-refractivity contribution in [2.45, 2.75) is 31.2 Å². The van der Waals surface area contributed by atoms with Crippen molar-refractivity contribution >= 4 is 11.6 Å². The van der Waals surface area contributed by atoms with E-state index in [2.05, 4.69) is 0 Å². The van der Waals surface area contributed by atoms with Crippen molar-refractivity contribution in [2.24, 2.45) is 5.73 Å². The van der Waals surface area contributed by atoms with Gasteiger partial charge in [-0.1, -0.05) is 17.7 Å². The standard InChI is InChI=1S/C11H12ClF2N/c12-9-2-1-7(10(13)14)5-8(9)6-11(15)3-4-11/h1-2,5,10H,3-4,6,15H2. The average molecular weight is 232 g/mol. The molecule has 4 heteroatoms. The molecule has 0 aromatic heterocycles. The molecule has 0 saturated heterocycles. The molecule has 2 rings (SSSR count). The molecule has 1 fully saturated rings. The van der Waals surface area contributed by atoms with Crippen LogP contribution in [0.1, 0.15) is 30.4 Å². The summed E-state index contributed by atoms with van der Waals surface area (Å²) >= 11 is 5.93. The van der Waals surface area contributed by atoms with Gasteiger partial charge in [0.25, 0.3) is 6.43 Å². The van der Waals surface area contributed by atoms with Gasteiger partial charge in [0.15, 0.2) is 0 Å². The SMILES string of the molecule is NC1(Cc2cc(C(F)F)ccc2Cl)CC1.